The number of amides is 1. The summed E-state index contributed by atoms with van der Waals surface area (Å²) in [5, 5.41) is 8.83. The number of esters is 1. The number of carbonyl (C=O) groups excluding carboxylic acids is 2. The van der Waals surface area contributed by atoms with Crippen molar-refractivity contribution in [1.82, 2.24) is 4.57 Å². The molecule has 0 aliphatic rings. The second-order valence-electron chi connectivity index (χ2n) is 5.49. The number of rotatable bonds is 4. The van der Waals surface area contributed by atoms with Crippen LogP contribution in [0, 0.1) is 17.1 Å². The van der Waals surface area contributed by atoms with E-state index in [4.69, 9.17) is 10.00 Å². The Morgan fingerprint density at radius 1 is 1.26 bits per heavy atom. The SMILES string of the molecule is CCOC(=O)Cn1c(=NC(=O)c2ccc(C#N)cc2)sc2cc(F)ccc21. The third-order valence-corrected chi connectivity index (χ3v) is 4.74. The molecule has 0 unspecified atom stereocenters. The largest absolute Gasteiger partial charge is 0.465 e. The Kier molecular flexibility index (Phi) is 5.43. The first-order chi connectivity index (χ1) is 13.0. The van der Waals surface area contributed by atoms with E-state index < -0.39 is 17.7 Å². The highest BCUT2D eigenvalue weighted by Crippen LogP contribution is 2.19. The van der Waals surface area contributed by atoms with Gasteiger partial charge >= 0.3 is 5.97 Å². The van der Waals surface area contributed by atoms with Crippen LogP contribution in [0.25, 0.3) is 10.2 Å². The Bertz CT molecular complexity index is 1120. The average Bonchev–Trinajstić information content (AvgIpc) is 2.98. The molecule has 0 aliphatic carbocycles. The van der Waals surface area contributed by atoms with Crippen LogP contribution in [0.1, 0.15) is 22.8 Å². The molecule has 0 fully saturated rings. The van der Waals surface area contributed by atoms with E-state index in [-0.39, 0.29) is 18.0 Å². The third-order valence-electron chi connectivity index (χ3n) is 3.70. The molecule has 1 heterocycles. The van der Waals surface area contributed by atoms with E-state index in [0.29, 0.717) is 21.3 Å². The molecule has 0 radical (unpaired) electrons. The fraction of sp³-hybridized carbons (Fsp3) is 0.158. The first kappa shape index (κ1) is 18.5. The van der Waals surface area contributed by atoms with Crippen molar-refractivity contribution < 1.29 is 18.7 Å². The molecule has 136 valence electrons. The molecule has 0 bridgehead atoms. The molecule has 0 saturated carbocycles. The molecule has 6 nitrogen and oxygen atoms in total. The number of ether oxygens (including phenoxy) is 1. The maximum absolute atomic E-state index is 13.5. The van der Waals surface area contributed by atoms with Gasteiger partial charge in [0.15, 0.2) is 4.80 Å². The van der Waals surface area contributed by atoms with E-state index in [1.54, 1.807) is 6.92 Å². The number of hydrogen-bond donors (Lipinski definition) is 0. The highest BCUT2D eigenvalue weighted by atomic mass is 32.1. The van der Waals surface area contributed by atoms with Crippen LogP contribution in [0.4, 0.5) is 4.39 Å². The van der Waals surface area contributed by atoms with Crippen molar-refractivity contribution in [3.63, 3.8) is 0 Å². The summed E-state index contributed by atoms with van der Waals surface area (Å²) >= 11 is 1.10. The van der Waals surface area contributed by atoms with Crippen LogP contribution in [-0.4, -0.2) is 23.1 Å². The highest BCUT2D eigenvalue weighted by Gasteiger charge is 2.13. The number of halogens is 1. The predicted molar refractivity (Wildman–Crippen MR) is 97.5 cm³/mol. The topological polar surface area (TPSA) is 84.5 Å². The first-order valence-electron chi connectivity index (χ1n) is 8.05. The lowest BCUT2D eigenvalue weighted by atomic mass is 10.1. The van der Waals surface area contributed by atoms with Crippen molar-refractivity contribution in [2.45, 2.75) is 13.5 Å². The molecule has 0 atom stereocenters. The third kappa shape index (κ3) is 4.10. The fourth-order valence-corrected chi connectivity index (χ4v) is 3.51. The standard InChI is InChI=1S/C19H14FN3O3S/c1-2-26-17(24)11-23-15-8-7-14(20)9-16(15)27-19(23)22-18(25)13-5-3-12(10-21)4-6-13/h3-9H,2,11H2,1H3. The smallest absolute Gasteiger partial charge is 0.326 e. The lowest BCUT2D eigenvalue weighted by Gasteiger charge is -2.05. The second kappa shape index (κ2) is 7.93. The summed E-state index contributed by atoms with van der Waals surface area (Å²) in [4.78, 5) is 28.8. The molecule has 2 aromatic carbocycles. The molecular formula is C19H14FN3O3S. The zero-order valence-corrected chi connectivity index (χ0v) is 15.1. The Hall–Kier alpha value is -3.31. The summed E-state index contributed by atoms with van der Waals surface area (Å²) < 4.78 is 20.6. The van der Waals surface area contributed by atoms with E-state index in [9.17, 15) is 14.0 Å². The van der Waals surface area contributed by atoms with Crippen LogP contribution in [-0.2, 0) is 16.1 Å². The van der Waals surface area contributed by atoms with E-state index in [1.807, 2.05) is 6.07 Å². The number of fused-ring (bicyclic) bond motifs is 1. The van der Waals surface area contributed by atoms with E-state index >= 15 is 0 Å². The first-order valence-corrected chi connectivity index (χ1v) is 8.87. The van der Waals surface area contributed by atoms with Gasteiger partial charge in [0, 0.05) is 5.56 Å². The lowest BCUT2D eigenvalue weighted by Crippen LogP contribution is -2.23. The van der Waals surface area contributed by atoms with Crippen LogP contribution in [0.3, 0.4) is 0 Å². The van der Waals surface area contributed by atoms with Crippen LogP contribution < -0.4 is 4.80 Å². The lowest BCUT2D eigenvalue weighted by molar-refractivity contribution is -0.143. The average molecular weight is 383 g/mol. The second-order valence-corrected chi connectivity index (χ2v) is 6.50. The Labute approximate surface area is 157 Å². The summed E-state index contributed by atoms with van der Waals surface area (Å²) in [6.07, 6.45) is 0. The molecule has 0 N–H and O–H groups in total. The van der Waals surface area contributed by atoms with Crippen molar-refractivity contribution in [2.24, 2.45) is 4.99 Å². The number of hydrogen-bond acceptors (Lipinski definition) is 5. The maximum atomic E-state index is 13.5. The highest BCUT2D eigenvalue weighted by molar-refractivity contribution is 7.16. The van der Waals surface area contributed by atoms with Gasteiger partial charge in [0.1, 0.15) is 12.4 Å². The molecule has 3 aromatic rings. The minimum atomic E-state index is -0.524. The summed E-state index contributed by atoms with van der Waals surface area (Å²) in [5.41, 5.74) is 1.32. The molecule has 27 heavy (non-hydrogen) atoms. The molecule has 1 aromatic heterocycles. The van der Waals surface area contributed by atoms with Crippen molar-refractivity contribution in [1.29, 1.82) is 5.26 Å². The van der Waals surface area contributed by atoms with Gasteiger partial charge in [0.2, 0.25) is 0 Å². The molecule has 0 spiro atoms. The van der Waals surface area contributed by atoms with Gasteiger partial charge in [0.05, 0.1) is 28.5 Å². The zero-order valence-electron chi connectivity index (χ0n) is 14.3. The van der Waals surface area contributed by atoms with Gasteiger partial charge in [0.25, 0.3) is 5.91 Å². The quantitative estimate of drug-likeness (QED) is 0.648. The van der Waals surface area contributed by atoms with Crippen LogP contribution in [0.2, 0.25) is 0 Å². The van der Waals surface area contributed by atoms with Gasteiger partial charge in [-0.1, -0.05) is 11.3 Å². The minimum Gasteiger partial charge on any atom is -0.465 e. The summed E-state index contributed by atoms with van der Waals surface area (Å²) in [7, 11) is 0. The van der Waals surface area contributed by atoms with Crippen molar-refractivity contribution in [2.75, 3.05) is 6.61 Å². The number of nitriles is 1. The monoisotopic (exact) mass is 383 g/mol. The van der Waals surface area contributed by atoms with Gasteiger partial charge in [-0.2, -0.15) is 10.3 Å². The van der Waals surface area contributed by atoms with Crippen molar-refractivity contribution >= 4 is 33.4 Å². The zero-order chi connectivity index (χ0) is 19.4. The molecule has 8 heteroatoms. The number of carbonyl (C=O) groups is 2. The Morgan fingerprint density at radius 3 is 2.67 bits per heavy atom. The summed E-state index contributed by atoms with van der Waals surface area (Å²) in [6, 6.07) is 12.2. The molecule has 0 saturated heterocycles. The minimum absolute atomic E-state index is 0.140. The van der Waals surface area contributed by atoms with Crippen LogP contribution >= 0.6 is 11.3 Å². The van der Waals surface area contributed by atoms with Crippen LogP contribution in [0.5, 0.6) is 0 Å². The van der Waals surface area contributed by atoms with Crippen molar-refractivity contribution in [3.8, 4) is 6.07 Å². The molecular weight excluding hydrogens is 369 g/mol. The molecule has 1 amide bonds. The maximum Gasteiger partial charge on any atom is 0.326 e. The van der Waals surface area contributed by atoms with E-state index in [1.165, 1.54) is 47.0 Å². The Balaban J connectivity index is 2.07. The van der Waals surface area contributed by atoms with Crippen LogP contribution in [0.15, 0.2) is 47.5 Å². The number of nitrogens with zero attached hydrogens (tertiary/aromatic N) is 3. The van der Waals surface area contributed by atoms with Gasteiger partial charge in [-0.25, -0.2) is 4.39 Å². The number of aromatic nitrogens is 1. The summed E-state index contributed by atoms with van der Waals surface area (Å²) in [6.45, 7) is 1.79. The predicted octanol–water partition coefficient (Wildman–Crippen LogP) is 3.02. The Morgan fingerprint density at radius 2 is 2.00 bits per heavy atom. The van der Waals surface area contributed by atoms with Gasteiger partial charge in [-0.15, -0.1) is 0 Å². The molecule has 3 rings (SSSR count). The summed E-state index contributed by atoms with van der Waals surface area (Å²) in [5.74, 6) is -1.42. The van der Waals surface area contributed by atoms with E-state index in [2.05, 4.69) is 4.99 Å². The fourth-order valence-electron chi connectivity index (χ4n) is 2.46. The van der Waals surface area contributed by atoms with Gasteiger partial charge < -0.3 is 9.30 Å². The molecule has 0 aliphatic heterocycles. The van der Waals surface area contributed by atoms with Gasteiger partial charge in [-0.3, -0.25) is 9.59 Å². The van der Waals surface area contributed by atoms with Gasteiger partial charge in [-0.05, 0) is 49.4 Å². The van der Waals surface area contributed by atoms with Crippen molar-refractivity contribution in [3.05, 3.63) is 64.2 Å². The van der Waals surface area contributed by atoms with E-state index in [0.717, 1.165) is 11.3 Å². The number of benzene rings is 2. The normalized spacial score (nSPS) is 11.4. The number of thiazole rings is 1.